The van der Waals surface area contributed by atoms with Crippen molar-refractivity contribution in [1.82, 2.24) is 14.9 Å². The van der Waals surface area contributed by atoms with Gasteiger partial charge in [-0.1, -0.05) is 42.1 Å². The second-order valence-corrected chi connectivity index (χ2v) is 9.50. The van der Waals surface area contributed by atoms with E-state index in [-0.39, 0.29) is 23.0 Å². The lowest BCUT2D eigenvalue weighted by atomic mass is 10.1. The molecule has 8 heteroatoms. The Morgan fingerprint density at radius 1 is 1.00 bits per heavy atom. The first-order valence-corrected chi connectivity index (χ1v) is 12.5. The van der Waals surface area contributed by atoms with Crippen molar-refractivity contribution in [2.24, 2.45) is 5.92 Å². The highest BCUT2D eigenvalue weighted by Gasteiger charge is 2.23. The highest BCUT2D eigenvalue weighted by atomic mass is 32.2. The molecule has 0 radical (unpaired) electrons. The molecule has 1 amide bonds. The number of amides is 1. The number of hydrogen-bond acceptors (Lipinski definition) is 5. The number of fused-ring (bicyclic) bond motifs is 1. The Morgan fingerprint density at radius 3 is 2.54 bits per heavy atom. The molecular formula is C27H25FN4O2S. The number of carbonyl (C=O) groups is 1. The number of thioether (sulfide) groups is 1. The molecule has 1 unspecified atom stereocenters. The summed E-state index contributed by atoms with van der Waals surface area (Å²) < 4.78 is 14.9. The van der Waals surface area contributed by atoms with E-state index in [1.807, 2.05) is 24.3 Å². The second kappa shape index (κ2) is 10.3. The Balaban J connectivity index is 1.26. The quantitative estimate of drug-likeness (QED) is 0.311. The lowest BCUT2D eigenvalue weighted by Gasteiger charge is -2.18. The van der Waals surface area contributed by atoms with Gasteiger partial charge < -0.3 is 10.2 Å². The lowest BCUT2D eigenvalue weighted by Crippen LogP contribution is -2.32. The summed E-state index contributed by atoms with van der Waals surface area (Å²) in [5, 5.41) is 3.90. The number of halogens is 1. The van der Waals surface area contributed by atoms with Gasteiger partial charge in [0.25, 0.3) is 5.56 Å². The van der Waals surface area contributed by atoms with Crippen LogP contribution in [0.4, 0.5) is 10.1 Å². The minimum Gasteiger partial charge on any atom is -0.371 e. The van der Waals surface area contributed by atoms with Gasteiger partial charge in [-0.25, -0.2) is 9.37 Å². The number of carbonyl (C=O) groups excluding carboxylic acids is 1. The van der Waals surface area contributed by atoms with Gasteiger partial charge in [-0.05, 0) is 60.9 Å². The van der Waals surface area contributed by atoms with Crippen LogP contribution < -0.4 is 15.8 Å². The molecule has 1 aromatic heterocycles. The van der Waals surface area contributed by atoms with Crippen molar-refractivity contribution >= 4 is 34.3 Å². The molecule has 3 aromatic carbocycles. The van der Waals surface area contributed by atoms with Crippen molar-refractivity contribution in [3.8, 4) is 5.69 Å². The molecule has 5 rings (SSSR count). The van der Waals surface area contributed by atoms with Crippen LogP contribution >= 0.6 is 11.8 Å². The van der Waals surface area contributed by atoms with Crippen LogP contribution in [0, 0.1) is 11.7 Å². The Labute approximate surface area is 206 Å². The van der Waals surface area contributed by atoms with Gasteiger partial charge >= 0.3 is 0 Å². The van der Waals surface area contributed by atoms with Crippen molar-refractivity contribution in [3.63, 3.8) is 0 Å². The molecule has 4 aromatic rings. The van der Waals surface area contributed by atoms with Gasteiger partial charge in [0.05, 0.1) is 22.3 Å². The van der Waals surface area contributed by atoms with E-state index in [4.69, 9.17) is 0 Å². The Kier molecular flexibility index (Phi) is 6.81. The van der Waals surface area contributed by atoms with Gasteiger partial charge in [-0.3, -0.25) is 14.2 Å². The summed E-state index contributed by atoms with van der Waals surface area (Å²) >= 11 is 1.20. The predicted octanol–water partition coefficient (Wildman–Crippen LogP) is 4.26. The van der Waals surface area contributed by atoms with Crippen molar-refractivity contribution in [1.29, 1.82) is 0 Å². The zero-order valence-corrected chi connectivity index (χ0v) is 19.9. The monoisotopic (exact) mass is 488 g/mol. The molecule has 0 bridgehead atoms. The lowest BCUT2D eigenvalue weighted by molar-refractivity contribution is -0.118. The van der Waals surface area contributed by atoms with Gasteiger partial charge in [-0.2, -0.15) is 0 Å². The highest BCUT2D eigenvalue weighted by Crippen LogP contribution is 2.24. The maximum Gasteiger partial charge on any atom is 0.266 e. The molecule has 0 spiro atoms. The predicted molar refractivity (Wildman–Crippen MR) is 138 cm³/mol. The van der Waals surface area contributed by atoms with E-state index in [9.17, 15) is 14.0 Å². The van der Waals surface area contributed by atoms with E-state index in [2.05, 4.69) is 27.3 Å². The van der Waals surface area contributed by atoms with Crippen LogP contribution in [0.25, 0.3) is 16.6 Å². The van der Waals surface area contributed by atoms with Crippen LogP contribution in [0.3, 0.4) is 0 Å². The summed E-state index contributed by atoms with van der Waals surface area (Å²) in [6.07, 6.45) is 1.03. The zero-order valence-electron chi connectivity index (χ0n) is 19.1. The van der Waals surface area contributed by atoms with Crippen molar-refractivity contribution in [2.75, 3.05) is 30.3 Å². The van der Waals surface area contributed by atoms with E-state index in [1.165, 1.54) is 46.3 Å². The number of para-hydroxylation sites is 2. The third-order valence-electron chi connectivity index (χ3n) is 6.16. The van der Waals surface area contributed by atoms with Gasteiger partial charge in [0.2, 0.25) is 5.91 Å². The van der Waals surface area contributed by atoms with E-state index >= 15 is 0 Å². The molecule has 1 saturated heterocycles. The molecule has 0 saturated carbocycles. The fourth-order valence-electron chi connectivity index (χ4n) is 4.34. The maximum atomic E-state index is 13.5. The van der Waals surface area contributed by atoms with Gasteiger partial charge in [0, 0.05) is 25.3 Å². The summed E-state index contributed by atoms with van der Waals surface area (Å²) in [7, 11) is 0. The maximum absolute atomic E-state index is 13.5. The molecule has 178 valence electrons. The molecule has 2 heterocycles. The normalized spacial score (nSPS) is 15.5. The van der Waals surface area contributed by atoms with E-state index in [1.54, 1.807) is 18.2 Å². The summed E-state index contributed by atoms with van der Waals surface area (Å²) in [6.45, 7) is 2.50. The standard InChI is InChI=1S/C27H25FN4O2S/c28-20-10-12-22(13-11-20)32-26(34)23-8-4-5-9-24(23)30-27(32)35-18-25(33)29-16-19-14-15-31(17-19)21-6-2-1-3-7-21/h1-13,19H,14-18H2,(H,29,33). The second-order valence-electron chi connectivity index (χ2n) is 8.56. The molecular weight excluding hydrogens is 463 g/mol. The van der Waals surface area contributed by atoms with Gasteiger partial charge in [0.15, 0.2) is 5.16 Å². The third-order valence-corrected chi connectivity index (χ3v) is 7.10. The number of benzene rings is 3. The molecule has 1 fully saturated rings. The number of nitrogens with one attached hydrogen (secondary N) is 1. The average molecular weight is 489 g/mol. The molecule has 6 nitrogen and oxygen atoms in total. The summed E-state index contributed by atoms with van der Waals surface area (Å²) in [5.41, 5.74) is 2.02. The van der Waals surface area contributed by atoms with Crippen LogP contribution in [0.5, 0.6) is 0 Å². The first-order chi connectivity index (χ1) is 17.1. The SMILES string of the molecule is O=C(CSc1nc2ccccc2c(=O)n1-c1ccc(F)cc1)NCC1CCN(c2ccccc2)C1. The van der Waals surface area contributed by atoms with Crippen molar-refractivity contribution in [3.05, 3.63) is 95.0 Å². The third kappa shape index (κ3) is 5.22. The van der Waals surface area contributed by atoms with Crippen LogP contribution in [-0.4, -0.2) is 40.8 Å². The highest BCUT2D eigenvalue weighted by molar-refractivity contribution is 7.99. The Bertz CT molecular complexity index is 1390. The average Bonchev–Trinajstić information content (AvgIpc) is 3.37. The van der Waals surface area contributed by atoms with Gasteiger partial charge in [0.1, 0.15) is 5.82 Å². The number of aromatic nitrogens is 2. The molecule has 35 heavy (non-hydrogen) atoms. The fourth-order valence-corrected chi connectivity index (χ4v) is 5.18. The van der Waals surface area contributed by atoms with Crippen LogP contribution in [0.2, 0.25) is 0 Å². The smallest absolute Gasteiger partial charge is 0.266 e. The molecule has 1 N–H and O–H groups in total. The van der Waals surface area contributed by atoms with Gasteiger partial charge in [-0.15, -0.1) is 0 Å². The fraction of sp³-hybridized carbons (Fsp3) is 0.222. The van der Waals surface area contributed by atoms with E-state index in [0.29, 0.717) is 34.2 Å². The van der Waals surface area contributed by atoms with Crippen molar-refractivity contribution < 1.29 is 9.18 Å². The Morgan fingerprint density at radius 2 is 1.74 bits per heavy atom. The van der Waals surface area contributed by atoms with Crippen LogP contribution in [0.1, 0.15) is 6.42 Å². The summed E-state index contributed by atoms with van der Waals surface area (Å²) in [4.78, 5) is 32.9. The topological polar surface area (TPSA) is 67.2 Å². The minimum absolute atomic E-state index is 0.110. The minimum atomic E-state index is -0.387. The molecule has 1 aliphatic rings. The molecule has 1 atom stereocenters. The van der Waals surface area contributed by atoms with Crippen molar-refractivity contribution in [2.45, 2.75) is 11.6 Å². The number of nitrogens with zero attached hydrogens (tertiary/aromatic N) is 3. The molecule has 0 aliphatic carbocycles. The Hall–Kier alpha value is -3.65. The first-order valence-electron chi connectivity index (χ1n) is 11.6. The summed E-state index contributed by atoms with van der Waals surface area (Å²) in [5.74, 6) is 0.0182. The zero-order chi connectivity index (χ0) is 24.2. The summed E-state index contributed by atoms with van der Waals surface area (Å²) in [6, 6.07) is 23.1. The number of rotatable bonds is 7. The largest absolute Gasteiger partial charge is 0.371 e. The number of anilines is 1. The first kappa shape index (κ1) is 23.1. The number of hydrogen-bond donors (Lipinski definition) is 1. The van der Waals surface area contributed by atoms with Crippen LogP contribution in [-0.2, 0) is 4.79 Å². The van der Waals surface area contributed by atoms with Crippen LogP contribution in [0.15, 0.2) is 88.8 Å². The van der Waals surface area contributed by atoms with E-state index in [0.717, 1.165) is 19.5 Å². The van der Waals surface area contributed by atoms with E-state index < -0.39 is 0 Å². The molecule has 1 aliphatic heterocycles.